The van der Waals surface area contributed by atoms with E-state index in [-0.39, 0.29) is 5.69 Å². The van der Waals surface area contributed by atoms with Crippen LogP contribution in [-0.4, -0.2) is 18.1 Å². The van der Waals surface area contributed by atoms with Crippen LogP contribution in [-0.2, 0) is 0 Å². The van der Waals surface area contributed by atoms with Crippen molar-refractivity contribution in [3.63, 3.8) is 0 Å². The van der Waals surface area contributed by atoms with Crippen LogP contribution in [0.5, 0.6) is 0 Å². The van der Waals surface area contributed by atoms with E-state index in [1.54, 1.807) is 11.8 Å². The number of rotatable bonds is 5. The summed E-state index contributed by atoms with van der Waals surface area (Å²) in [5.41, 5.74) is -0.0464. The number of nitrogens with one attached hydrogen (secondary N) is 1. The molecule has 1 aromatic carbocycles. The first kappa shape index (κ1) is 12.8. The molecule has 0 unspecified atom stereocenters. The van der Waals surface area contributed by atoms with Crippen molar-refractivity contribution in [1.82, 2.24) is 0 Å². The van der Waals surface area contributed by atoms with Crippen molar-refractivity contribution in [2.24, 2.45) is 0 Å². The average molecular weight is 296 g/mol. The van der Waals surface area contributed by atoms with E-state index in [9.17, 15) is 8.78 Å². The van der Waals surface area contributed by atoms with Gasteiger partial charge in [0.2, 0.25) is 0 Å². The molecular weight excluding hydrogens is 284 g/mol. The highest BCUT2D eigenvalue weighted by Crippen LogP contribution is 2.23. The summed E-state index contributed by atoms with van der Waals surface area (Å²) in [7, 11) is 0. The van der Waals surface area contributed by atoms with Gasteiger partial charge >= 0.3 is 0 Å². The molecule has 0 heterocycles. The molecule has 0 aliphatic heterocycles. The average Bonchev–Trinajstić information content (AvgIpc) is 2.15. The summed E-state index contributed by atoms with van der Waals surface area (Å²) >= 11 is 4.75. The molecule has 1 N–H and O–H groups in total. The van der Waals surface area contributed by atoms with Crippen molar-refractivity contribution in [3.05, 3.63) is 28.2 Å². The van der Waals surface area contributed by atoms with Gasteiger partial charge in [0.25, 0.3) is 0 Å². The van der Waals surface area contributed by atoms with E-state index in [1.807, 2.05) is 6.92 Å². The number of thioether (sulfide) groups is 1. The molecule has 0 saturated heterocycles. The molecule has 0 aromatic heterocycles. The maximum Gasteiger partial charge on any atom is 0.150 e. The van der Waals surface area contributed by atoms with Gasteiger partial charge in [-0.25, -0.2) is 8.78 Å². The molecule has 1 nitrogen and oxygen atoms in total. The number of halogens is 3. The van der Waals surface area contributed by atoms with Gasteiger partial charge in [0.1, 0.15) is 17.3 Å². The van der Waals surface area contributed by atoms with Crippen molar-refractivity contribution in [1.29, 1.82) is 0 Å². The molecular formula is C10H12BrF2NS. The van der Waals surface area contributed by atoms with E-state index in [4.69, 9.17) is 0 Å². The first-order valence-electron chi connectivity index (χ1n) is 4.61. The minimum Gasteiger partial charge on any atom is -0.379 e. The van der Waals surface area contributed by atoms with Crippen LogP contribution in [0.4, 0.5) is 14.5 Å². The molecule has 0 saturated carbocycles. The minimum atomic E-state index is -0.566. The molecule has 0 radical (unpaired) electrons. The summed E-state index contributed by atoms with van der Waals surface area (Å²) in [6.45, 7) is 2.61. The fourth-order valence-electron chi connectivity index (χ4n) is 1.10. The lowest BCUT2D eigenvalue weighted by atomic mass is 10.3. The van der Waals surface area contributed by atoms with E-state index < -0.39 is 11.6 Å². The van der Waals surface area contributed by atoms with Gasteiger partial charge in [-0.05, 0) is 17.9 Å². The van der Waals surface area contributed by atoms with Crippen LogP contribution in [0.3, 0.4) is 0 Å². The molecule has 0 spiro atoms. The van der Waals surface area contributed by atoms with Gasteiger partial charge in [0.05, 0.1) is 0 Å². The molecule has 84 valence electrons. The Morgan fingerprint density at radius 3 is 2.47 bits per heavy atom. The quantitative estimate of drug-likeness (QED) is 0.827. The largest absolute Gasteiger partial charge is 0.379 e. The van der Waals surface area contributed by atoms with Gasteiger partial charge in [-0.3, -0.25) is 0 Å². The van der Waals surface area contributed by atoms with Crippen LogP contribution in [0, 0.1) is 11.6 Å². The first-order chi connectivity index (χ1) is 7.15. The summed E-state index contributed by atoms with van der Waals surface area (Å²) < 4.78 is 27.0. The Kier molecular flexibility index (Phi) is 5.39. The van der Waals surface area contributed by atoms with E-state index in [2.05, 4.69) is 21.2 Å². The minimum absolute atomic E-state index is 0.0464. The maximum atomic E-state index is 13.3. The molecule has 0 aliphatic rings. The summed E-state index contributed by atoms with van der Waals surface area (Å²) in [5, 5.41) is 2.75. The highest BCUT2D eigenvalue weighted by atomic mass is 79.9. The fourth-order valence-corrected chi connectivity index (χ4v) is 2.04. The predicted octanol–water partition coefficient (Wildman–Crippen LogP) is 3.89. The van der Waals surface area contributed by atoms with Gasteiger partial charge in [0, 0.05) is 16.8 Å². The van der Waals surface area contributed by atoms with Crippen molar-refractivity contribution in [2.45, 2.75) is 6.92 Å². The van der Waals surface area contributed by atoms with Crippen molar-refractivity contribution >= 4 is 33.4 Å². The van der Waals surface area contributed by atoms with Crippen LogP contribution < -0.4 is 5.32 Å². The van der Waals surface area contributed by atoms with Crippen molar-refractivity contribution < 1.29 is 8.78 Å². The Bertz CT molecular complexity index is 310. The third-order valence-corrected chi connectivity index (χ3v) is 3.12. The Morgan fingerprint density at radius 2 is 1.93 bits per heavy atom. The number of hydrogen-bond donors (Lipinski definition) is 1. The summed E-state index contributed by atoms with van der Waals surface area (Å²) in [5.74, 6) is 0.713. The standard InChI is InChI=1S/C10H12BrF2NS/c1-2-15-4-3-14-10-8(12)5-7(11)6-9(10)13/h5-6,14H,2-4H2,1H3. The Hall–Kier alpha value is -0.290. The molecule has 0 fully saturated rings. The van der Waals surface area contributed by atoms with Gasteiger partial charge in [-0.15, -0.1) is 0 Å². The summed E-state index contributed by atoms with van der Waals surface area (Å²) in [4.78, 5) is 0. The van der Waals surface area contributed by atoms with Gasteiger partial charge < -0.3 is 5.32 Å². The lowest BCUT2D eigenvalue weighted by Crippen LogP contribution is -2.07. The van der Waals surface area contributed by atoms with Gasteiger partial charge in [-0.2, -0.15) is 11.8 Å². The highest BCUT2D eigenvalue weighted by molar-refractivity contribution is 9.10. The molecule has 5 heteroatoms. The van der Waals surface area contributed by atoms with E-state index >= 15 is 0 Å². The smallest absolute Gasteiger partial charge is 0.150 e. The Morgan fingerprint density at radius 1 is 1.33 bits per heavy atom. The zero-order valence-electron chi connectivity index (χ0n) is 8.32. The fraction of sp³-hybridized carbons (Fsp3) is 0.400. The maximum absolute atomic E-state index is 13.3. The molecule has 0 atom stereocenters. The summed E-state index contributed by atoms with van der Waals surface area (Å²) in [6.07, 6.45) is 0. The molecule has 1 rings (SSSR count). The van der Waals surface area contributed by atoms with Crippen LogP contribution in [0.25, 0.3) is 0 Å². The van der Waals surface area contributed by atoms with Crippen molar-refractivity contribution in [3.8, 4) is 0 Å². The van der Waals surface area contributed by atoms with E-state index in [0.717, 1.165) is 11.5 Å². The van der Waals surface area contributed by atoms with Crippen LogP contribution in [0.2, 0.25) is 0 Å². The van der Waals surface area contributed by atoms with Crippen molar-refractivity contribution in [2.75, 3.05) is 23.4 Å². The second-order valence-corrected chi connectivity index (χ2v) is 5.18. The van der Waals surface area contributed by atoms with Gasteiger partial charge in [0.15, 0.2) is 0 Å². The SMILES string of the molecule is CCSCCNc1c(F)cc(Br)cc1F. The highest BCUT2D eigenvalue weighted by Gasteiger charge is 2.09. The lowest BCUT2D eigenvalue weighted by Gasteiger charge is -2.08. The Labute approximate surface area is 101 Å². The van der Waals surface area contributed by atoms with E-state index in [0.29, 0.717) is 11.0 Å². The van der Waals surface area contributed by atoms with E-state index in [1.165, 1.54) is 12.1 Å². The topological polar surface area (TPSA) is 12.0 Å². The molecule has 0 amide bonds. The molecule has 15 heavy (non-hydrogen) atoms. The second kappa shape index (κ2) is 6.33. The second-order valence-electron chi connectivity index (χ2n) is 2.87. The monoisotopic (exact) mass is 295 g/mol. The summed E-state index contributed by atoms with van der Waals surface area (Å²) in [6, 6.07) is 2.50. The van der Waals surface area contributed by atoms with Gasteiger partial charge in [-0.1, -0.05) is 22.9 Å². The molecule has 0 bridgehead atoms. The Balaban J connectivity index is 2.60. The van der Waals surface area contributed by atoms with Crippen LogP contribution in [0.15, 0.2) is 16.6 Å². The predicted molar refractivity (Wildman–Crippen MR) is 65.5 cm³/mol. The molecule has 1 aromatic rings. The number of anilines is 1. The normalized spacial score (nSPS) is 10.4. The zero-order valence-corrected chi connectivity index (χ0v) is 10.7. The van der Waals surface area contributed by atoms with Crippen LogP contribution in [0.1, 0.15) is 6.92 Å². The third-order valence-electron chi connectivity index (χ3n) is 1.76. The zero-order chi connectivity index (χ0) is 11.3. The first-order valence-corrected chi connectivity index (χ1v) is 6.56. The van der Waals surface area contributed by atoms with Crippen LogP contribution >= 0.6 is 27.7 Å². The third kappa shape index (κ3) is 3.99. The lowest BCUT2D eigenvalue weighted by molar-refractivity contribution is 0.587. The number of benzene rings is 1. The number of hydrogen-bond acceptors (Lipinski definition) is 2. The molecule has 0 aliphatic carbocycles.